The van der Waals surface area contributed by atoms with Crippen LogP contribution in [0.1, 0.15) is 78.6 Å². The lowest BCUT2D eigenvalue weighted by molar-refractivity contribution is 0.357. The van der Waals surface area contributed by atoms with E-state index in [4.69, 9.17) is 18.9 Å². The molecular weight excluding hydrogens is 617 g/mol. The summed E-state index contributed by atoms with van der Waals surface area (Å²) in [5.74, 6) is 3.46. The van der Waals surface area contributed by atoms with Crippen molar-refractivity contribution in [1.29, 1.82) is 0 Å². The zero-order chi connectivity index (χ0) is 36.5. The first-order chi connectivity index (χ1) is 23.9. The Kier molecular flexibility index (Phi) is 13.0. The maximum atomic E-state index is 6.15. The molecule has 4 aromatic carbocycles. The summed E-state index contributed by atoms with van der Waals surface area (Å²) in [4.78, 5) is 0. The summed E-state index contributed by atoms with van der Waals surface area (Å²) >= 11 is 0. The van der Waals surface area contributed by atoms with Gasteiger partial charge in [-0.15, -0.1) is 0 Å². The van der Waals surface area contributed by atoms with Crippen LogP contribution in [0.3, 0.4) is 0 Å². The van der Waals surface area contributed by atoms with E-state index in [1.54, 1.807) is 24.3 Å². The number of benzene rings is 4. The molecule has 0 atom stereocenters. The molecule has 0 aliphatic carbocycles. The average molecular weight is 671 g/mol. The highest BCUT2D eigenvalue weighted by molar-refractivity contribution is 5.57. The van der Waals surface area contributed by atoms with Crippen LogP contribution in [0, 0.1) is 55.4 Å². The van der Waals surface area contributed by atoms with E-state index in [1.807, 2.05) is 0 Å². The summed E-state index contributed by atoms with van der Waals surface area (Å²) in [6, 6.07) is 18.3. The van der Waals surface area contributed by atoms with Crippen molar-refractivity contribution in [3.63, 3.8) is 0 Å². The van der Waals surface area contributed by atoms with E-state index in [2.05, 4.69) is 130 Å². The molecule has 0 radical (unpaired) electrons. The molecule has 4 nitrogen and oxygen atoms in total. The van der Waals surface area contributed by atoms with Crippen molar-refractivity contribution in [1.82, 2.24) is 0 Å². The topological polar surface area (TPSA) is 36.9 Å². The number of rotatable bonds is 17. The summed E-state index contributed by atoms with van der Waals surface area (Å²) < 4.78 is 24.6. The van der Waals surface area contributed by atoms with Crippen molar-refractivity contribution < 1.29 is 18.9 Å². The fourth-order valence-electron chi connectivity index (χ4n) is 7.29. The first-order valence-corrected chi connectivity index (χ1v) is 17.3. The molecule has 0 aromatic heterocycles. The lowest BCUT2D eigenvalue weighted by atomic mass is 9.71. The maximum absolute atomic E-state index is 6.15. The molecule has 0 spiro atoms. The summed E-state index contributed by atoms with van der Waals surface area (Å²) in [5, 5.41) is 0. The number of ether oxygens (including phenoxy) is 4. The van der Waals surface area contributed by atoms with Crippen molar-refractivity contribution in [3.8, 4) is 23.0 Å². The molecular formula is C46H54O4. The van der Waals surface area contributed by atoms with Gasteiger partial charge in [0.05, 0.1) is 0 Å². The Balaban J connectivity index is 2.10. The number of hydrogen-bond donors (Lipinski definition) is 0. The fraction of sp³-hybridized carbons (Fsp3) is 0.304. The predicted octanol–water partition coefficient (Wildman–Crippen LogP) is 11.4. The van der Waals surface area contributed by atoms with Crippen molar-refractivity contribution in [2.45, 2.75) is 67.2 Å². The first kappa shape index (κ1) is 37.9. The minimum Gasteiger partial charge on any atom is -0.489 e. The SMILES string of the molecule is C=CCOc1c(C)cc(C(c2cc(C)c(OCC=C)c(C)c2)C(c2cc(C)c(OCC=C)c(C)c2)c2cc(C)c(OCC=C)c(C)c2)cc1C. The molecule has 0 saturated heterocycles. The zero-order valence-electron chi connectivity index (χ0n) is 31.4. The molecule has 0 N–H and O–H groups in total. The van der Waals surface area contributed by atoms with Crippen molar-refractivity contribution in [2.24, 2.45) is 0 Å². The first-order valence-electron chi connectivity index (χ1n) is 17.3. The molecule has 0 bridgehead atoms. The highest BCUT2D eigenvalue weighted by Crippen LogP contribution is 2.48. The molecule has 0 unspecified atom stereocenters. The molecule has 50 heavy (non-hydrogen) atoms. The molecule has 0 aliphatic heterocycles. The lowest BCUT2D eigenvalue weighted by Gasteiger charge is -2.32. The van der Waals surface area contributed by atoms with E-state index in [0.29, 0.717) is 26.4 Å². The Labute approximate surface area is 300 Å². The summed E-state index contributed by atoms with van der Waals surface area (Å²) in [5.41, 5.74) is 13.5. The normalized spacial score (nSPS) is 11.0. The van der Waals surface area contributed by atoms with E-state index in [0.717, 1.165) is 67.5 Å². The largest absolute Gasteiger partial charge is 0.489 e. The second-order valence-electron chi connectivity index (χ2n) is 13.3. The Bertz CT molecular complexity index is 1510. The molecule has 4 rings (SSSR count). The number of aryl methyl sites for hydroxylation is 8. The monoisotopic (exact) mass is 670 g/mol. The van der Waals surface area contributed by atoms with Crippen LogP contribution in [0.5, 0.6) is 23.0 Å². The molecule has 0 saturated carbocycles. The van der Waals surface area contributed by atoms with Gasteiger partial charge in [0.1, 0.15) is 49.4 Å². The van der Waals surface area contributed by atoms with E-state index >= 15 is 0 Å². The third kappa shape index (κ3) is 8.42. The van der Waals surface area contributed by atoms with Crippen LogP contribution >= 0.6 is 0 Å². The molecule has 4 aromatic rings. The Morgan fingerprint density at radius 1 is 0.360 bits per heavy atom. The van der Waals surface area contributed by atoms with Gasteiger partial charge in [-0.2, -0.15) is 0 Å². The number of hydrogen-bond acceptors (Lipinski definition) is 4. The predicted molar refractivity (Wildman–Crippen MR) is 210 cm³/mol. The quantitative estimate of drug-likeness (QED) is 0.105. The highest BCUT2D eigenvalue weighted by atomic mass is 16.5. The van der Waals surface area contributed by atoms with Crippen LogP contribution in [-0.2, 0) is 0 Å². The Hall–Kier alpha value is -4.96. The fourth-order valence-corrected chi connectivity index (χ4v) is 7.29. The Morgan fingerprint density at radius 2 is 0.520 bits per heavy atom. The van der Waals surface area contributed by atoms with Gasteiger partial charge in [-0.05, 0) is 122 Å². The van der Waals surface area contributed by atoms with Crippen molar-refractivity contribution in [3.05, 3.63) is 166 Å². The van der Waals surface area contributed by atoms with Gasteiger partial charge in [-0.25, -0.2) is 0 Å². The second-order valence-corrected chi connectivity index (χ2v) is 13.3. The van der Waals surface area contributed by atoms with Crippen molar-refractivity contribution in [2.75, 3.05) is 26.4 Å². The van der Waals surface area contributed by atoms with Crippen LogP contribution in [0.2, 0.25) is 0 Å². The smallest absolute Gasteiger partial charge is 0.125 e. The molecule has 262 valence electrons. The lowest BCUT2D eigenvalue weighted by Crippen LogP contribution is -2.17. The Morgan fingerprint density at radius 3 is 0.660 bits per heavy atom. The van der Waals surface area contributed by atoms with E-state index in [9.17, 15) is 0 Å². The van der Waals surface area contributed by atoms with Gasteiger partial charge in [0.2, 0.25) is 0 Å². The highest BCUT2D eigenvalue weighted by Gasteiger charge is 2.32. The molecule has 4 heteroatoms. The van der Waals surface area contributed by atoms with Crippen LogP contribution in [-0.4, -0.2) is 26.4 Å². The minimum atomic E-state index is -0.0656. The van der Waals surface area contributed by atoms with Gasteiger partial charge >= 0.3 is 0 Å². The average Bonchev–Trinajstić information content (AvgIpc) is 3.05. The van der Waals surface area contributed by atoms with Crippen LogP contribution in [0.15, 0.2) is 99.2 Å². The zero-order valence-corrected chi connectivity index (χ0v) is 31.4. The summed E-state index contributed by atoms with van der Waals surface area (Å²) in [6.45, 7) is 34.3. The van der Waals surface area contributed by atoms with E-state index in [1.165, 1.54) is 22.3 Å². The van der Waals surface area contributed by atoms with E-state index in [-0.39, 0.29) is 11.8 Å². The van der Waals surface area contributed by atoms with E-state index < -0.39 is 0 Å². The maximum Gasteiger partial charge on any atom is 0.125 e. The van der Waals surface area contributed by atoms with Gasteiger partial charge in [0.15, 0.2) is 0 Å². The standard InChI is InChI=1S/C46H54O4/c1-13-17-47-43-29(5)21-37(22-30(43)6)41(38-23-31(7)44(32(8)24-38)48-18-14-2)42(39-25-33(9)45(34(10)26-39)49-19-15-3)40-27-35(11)46(36(12)28-40)50-20-16-4/h13-16,21-28,41-42H,1-4,17-20H2,5-12H3. The third-order valence-electron chi connectivity index (χ3n) is 9.08. The molecule has 0 amide bonds. The molecule has 0 aliphatic rings. The summed E-state index contributed by atoms with van der Waals surface area (Å²) in [6.07, 6.45) is 7.14. The third-order valence-corrected chi connectivity index (χ3v) is 9.08. The van der Waals surface area contributed by atoms with Gasteiger partial charge < -0.3 is 18.9 Å². The summed E-state index contributed by atoms with van der Waals surface area (Å²) in [7, 11) is 0. The van der Waals surface area contributed by atoms with Gasteiger partial charge in [0, 0.05) is 11.8 Å². The molecule has 0 heterocycles. The van der Waals surface area contributed by atoms with Gasteiger partial charge in [-0.1, -0.05) is 99.2 Å². The van der Waals surface area contributed by atoms with Crippen LogP contribution < -0.4 is 18.9 Å². The van der Waals surface area contributed by atoms with Gasteiger partial charge in [-0.3, -0.25) is 0 Å². The minimum absolute atomic E-state index is 0.0656. The van der Waals surface area contributed by atoms with Crippen molar-refractivity contribution >= 4 is 0 Å². The van der Waals surface area contributed by atoms with Crippen LogP contribution in [0.4, 0.5) is 0 Å². The van der Waals surface area contributed by atoms with Crippen LogP contribution in [0.25, 0.3) is 0 Å². The van der Waals surface area contributed by atoms with Gasteiger partial charge in [0.25, 0.3) is 0 Å². The second kappa shape index (κ2) is 17.1. The molecule has 0 fully saturated rings.